The molecular formula is C20H26N6O4S. The lowest BCUT2D eigenvalue weighted by Crippen LogP contribution is -2.37. The van der Waals surface area contributed by atoms with Gasteiger partial charge in [0.1, 0.15) is 6.10 Å². The number of fused-ring (bicyclic) bond motifs is 1. The third kappa shape index (κ3) is 4.57. The van der Waals surface area contributed by atoms with E-state index in [1.54, 1.807) is 30.2 Å². The number of nitrogens with zero attached hydrogens (tertiary/aromatic N) is 4. The fourth-order valence-corrected chi connectivity index (χ4v) is 4.68. The Kier molecular flexibility index (Phi) is 5.26. The number of nitrogens with one attached hydrogen (secondary N) is 2. The van der Waals surface area contributed by atoms with Gasteiger partial charge in [-0.25, -0.2) is 13.1 Å². The molecule has 0 spiro atoms. The predicted octanol–water partition coefficient (Wildman–Crippen LogP) is 1.18. The number of hydrogen-bond donors (Lipinski definition) is 2. The number of aromatic nitrogens is 4. The lowest BCUT2D eigenvalue weighted by Gasteiger charge is -2.13. The van der Waals surface area contributed by atoms with Gasteiger partial charge in [0.2, 0.25) is 15.6 Å². The smallest absolute Gasteiger partial charge is 0.263 e. The van der Waals surface area contributed by atoms with Gasteiger partial charge in [-0.2, -0.15) is 5.10 Å². The average molecular weight is 447 g/mol. The molecule has 0 radical (unpaired) electrons. The van der Waals surface area contributed by atoms with Crippen LogP contribution in [0.1, 0.15) is 39.2 Å². The first-order valence-electron chi connectivity index (χ1n) is 10.0. The Hall–Kier alpha value is -2.92. The number of aryl methyl sites for hydroxylation is 1. The highest BCUT2D eigenvalue weighted by Gasteiger charge is 2.41. The molecule has 0 amide bonds. The van der Waals surface area contributed by atoms with Crippen LogP contribution in [0.2, 0.25) is 0 Å². The molecule has 0 atom stereocenters. The largest absolute Gasteiger partial charge is 0.390 e. The van der Waals surface area contributed by atoms with Crippen LogP contribution in [-0.2, 0) is 28.5 Å². The van der Waals surface area contributed by atoms with Crippen molar-refractivity contribution in [3.05, 3.63) is 52.1 Å². The molecule has 2 heterocycles. The highest BCUT2D eigenvalue weighted by atomic mass is 32.2. The first kappa shape index (κ1) is 21.3. The van der Waals surface area contributed by atoms with Crippen molar-refractivity contribution in [3.63, 3.8) is 0 Å². The molecular weight excluding hydrogens is 420 g/mol. The van der Waals surface area contributed by atoms with Crippen LogP contribution >= 0.6 is 0 Å². The van der Waals surface area contributed by atoms with E-state index in [4.69, 9.17) is 4.84 Å². The molecule has 31 heavy (non-hydrogen) atoms. The van der Waals surface area contributed by atoms with E-state index in [1.165, 1.54) is 16.7 Å². The summed E-state index contributed by atoms with van der Waals surface area (Å²) in [6.45, 7) is 5.73. The van der Waals surface area contributed by atoms with Crippen LogP contribution in [-0.4, -0.2) is 39.4 Å². The van der Waals surface area contributed by atoms with Crippen LogP contribution in [0.5, 0.6) is 0 Å². The predicted molar refractivity (Wildman–Crippen MR) is 115 cm³/mol. The Labute approximate surface area is 179 Å². The van der Waals surface area contributed by atoms with Crippen molar-refractivity contribution in [2.24, 2.45) is 12.2 Å². The standard InChI is InChI=1S/C20H26N6O4S/c1-13(2)30-23-19-22-17-6-5-15(31(28,29)24-20(3)7-8-20)9-16(17)18(27)26(19)12-14-10-21-25(4)11-14/h5-6,9-11,13,24H,7-8,12H2,1-4H3,(H,22,23). The van der Waals surface area contributed by atoms with Gasteiger partial charge in [0.15, 0.2) is 0 Å². The lowest BCUT2D eigenvalue weighted by atomic mass is 10.2. The first-order valence-corrected chi connectivity index (χ1v) is 11.5. The molecule has 4 rings (SSSR count). The lowest BCUT2D eigenvalue weighted by molar-refractivity contribution is 0.0726. The minimum absolute atomic E-state index is 0.0506. The molecule has 1 aliphatic carbocycles. The molecule has 3 aromatic rings. The van der Waals surface area contributed by atoms with Crippen LogP contribution in [0.3, 0.4) is 0 Å². The summed E-state index contributed by atoms with van der Waals surface area (Å²) in [5, 5.41) is 8.48. The zero-order valence-electron chi connectivity index (χ0n) is 17.9. The summed E-state index contributed by atoms with van der Waals surface area (Å²) in [6, 6.07) is 4.45. The molecule has 1 fully saturated rings. The minimum Gasteiger partial charge on any atom is -0.390 e. The second-order valence-corrected chi connectivity index (χ2v) is 10.2. The van der Waals surface area contributed by atoms with E-state index < -0.39 is 15.6 Å². The molecule has 166 valence electrons. The molecule has 10 nitrogen and oxygen atoms in total. The maximum atomic E-state index is 13.4. The van der Waals surface area contributed by atoms with Gasteiger partial charge in [-0.1, -0.05) is 0 Å². The second kappa shape index (κ2) is 7.65. The van der Waals surface area contributed by atoms with Crippen molar-refractivity contribution < 1.29 is 13.3 Å². The van der Waals surface area contributed by atoms with E-state index in [2.05, 4.69) is 20.0 Å². The summed E-state index contributed by atoms with van der Waals surface area (Å²) < 4.78 is 31.3. The maximum Gasteiger partial charge on any atom is 0.263 e. The highest BCUT2D eigenvalue weighted by molar-refractivity contribution is 7.89. The number of H-pyrrole nitrogens is 1. The summed E-state index contributed by atoms with van der Waals surface area (Å²) in [5.74, 6) is 0. The zero-order valence-corrected chi connectivity index (χ0v) is 18.7. The molecule has 1 aliphatic rings. The number of benzene rings is 1. The van der Waals surface area contributed by atoms with Crippen molar-refractivity contribution >= 4 is 20.9 Å². The molecule has 1 aromatic carbocycles. The highest BCUT2D eigenvalue weighted by Crippen LogP contribution is 2.36. The van der Waals surface area contributed by atoms with Gasteiger partial charge in [0.25, 0.3) is 5.56 Å². The van der Waals surface area contributed by atoms with E-state index >= 15 is 0 Å². The van der Waals surface area contributed by atoms with Crippen molar-refractivity contribution in [1.82, 2.24) is 24.1 Å². The minimum atomic E-state index is -3.74. The fourth-order valence-electron chi connectivity index (χ4n) is 3.19. The molecule has 0 saturated heterocycles. The Morgan fingerprint density at radius 3 is 2.71 bits per heavy atom. The van der Waals surface area contributed by atoms with Gasteiger partial charge in [-0.15, -0.1) is 0 Å². The van der Waals surface area contributed by atoms with Crippen molar-refractivity contribution in [1.29, 1.82) is 0 Å². The fraction of sp³-hybridized carbons (Fsp3) is 0.450. The van der Waals surface area contributed by atoms with Gasteiger partial charge in [-0.3, -0.25) is 14.0 Å². The molecule has 0 bridgehead atoms. The van der Waals surface area contributed by atoms with Crippen molar-refractivity contribution in [2.75, 3.05) is 0 Å². The third-order valence-corrected chi connectivity index (χ3v) is 6.74. The number of sulfonamides is 1. The van der Waals surface area contributed by atoms with E-state index in [1.807, 2.05) is 20.8 Å². The molecule has 2 N–H and O–H groups in total. The van der Waals surface area contributed by atoms with Crippen molar-refractivity contribution in [2.45, 2.75) is 56.7 Å². The summed E-state index contributed by atoms with van der Waals surface area (Å²) in [6.07, 6.45) is 4.88. The van der Waals surface area contributed by atoms with E-state index in [0.717, 1.165) is 18.4 Å². The van der Waals surface area contributed by atoms with Gasteiger partial charge in [0, 0.05) is 24.3 Å². The Bertz CT molecular complexity index is 1360. The maximum absolute atomic E-state index is 13.4. The van der Waals surface area contributed by atoms with Gasteiger partial charge < -0.3 is 9.82 Å². The Balaban J connectivity index is 1.85. The Morgan fingerprint density at radius 2 is 2.10 bits per heavy atom. The monoisotopic (exact) mass is 446 g/mol. The van der Waals surface area contributed by atoms with Crippen LogP contribution < -0.4 is 15.9 Å². The number of hydrogen-bond acceptors (Lipinski definition) is 6. The quantitative estimate of drug-likeness (QED) is 0.528. The van der Waals surface area contributed by atoms with Gasteiger partial charge in [0.05, 0.1) is 28.5 Å². The Morgan fingerprint density at radius 1 is 1.35 bits per heavy atom. The molecule has 11 heteroatoms. The summed E-state index contributed by atoms with van der Waals surface area (Å²) >= 11 is 0. The topological polar surface area (TPSA) is 123 Å². The molecule has 0 unspecified atom stereocenters. The first-order chi connectivity index (χ1) is 14.6. The average Bonchev–Trinajstić information content (AvgIpc) is 3.26. The van der Waals surface area contributed by atoms with E-state index in [0.29, 0.717) is 5.52 Å². The van der Waals surface area contributed by atoms with Gasteiger partial charge >= 0.3 is 0 Å². The number of rotatable bonds is 7. The number of aromatic amines is 1. The van der Waals surface area contributed by atoms with Crippen LogP contribution in [0.15, 0.2) is 45.4 Å². The zero-order chi connectivity index (χ0) is 22.4. The summed E-state index contributed by atoms with van der Waals surface area (Å²) in [4.78, 5) is 21.9. The summed E-state index contributed by atoms with van der Waals surface area (Å²) in [7, 11) is -1.95. The molecule has 2 aromatic heterocycles. The summed E-state index contributed by atoms with van der Waals surface area (Å²) in [5.41, 5.74) is 0.713. The second-order valence-electron chi connectivity index (χ2n) is 8.48. The normalized spacial score (nSPS) is 16.2. The SMILES string of the molecule is CC(C)ON=c1[nH]c2ccc(S(=O)(=O)NC3(C)CC3)cc2c(=O)n1Cc1cnn(C)c1. The van der Waals surface area contributed by atoms with Gasteiger partial charge in [-0.05, 0) is 57.0 Å². The molecule has 0 aliphatic heterocycles. The third-order valence-electron chi connectivity index (χ3n) is 5.11. The molecule has 1 saturated carbocycles. The van der Waals surface area contributed by atoms with E-state index in [9.17, 15) is 13.2 Å². The van der Waals surface area contributed by atoms with Crippen LogP contribution in [0, 0.1) is 0 Å². The van der Waals surface area contributed by atoms with E-state index in [-0.39, 0.29) is 34.1 Å². The van der Waals surface area contributed by atoms with Crippen molar-refractivity contribution in [3.8, 4) is 0 Å². The van der Waals surface area contributed by atoms with Crippen LogP contribution in [0.25, 0.3) is 10.9 Å². The van der Waals surface area contributed by atoms with Crippen LogP contribution in [0.4, 0.5) is 0 Å².